The summed E-state index contributed by atoms with van der Waals surface area (Å²) >= 11 is 14.7. The fourth-order valence-corrected chi connectivity index (χ4v) is 4.02. The number of carbonyl (C=O) groups is 1. The highest BCUT2D eigenvalue weighted by atomic mass is 127. The summed E-state index contributed by atoms with van der Waals surface area (Å²) in [6.07, 6.45) is 0.715. The molecule has 0 saturated heterocycles. The second-order valence-electron chi connectivity index (χ2n) is 5.33. The Bertz CT molecular complexity index is 762. The molecule has 120 valence electrons. The lowest BCUT2D eigenvalue weighted by Gasteiger charge is -2.30. The average molecular weight is 462 g/mol. The van der Waals surface area contributed by atoms with Gasteiger partial charge in [-0.25, -0.2) is 0 Å². The van der Waals surface area contributed by atoms with E-state index in [2.05, 4.69) is 22.6 Å². The molecule has 0 atom stereocenters. The Morgan fingerprint density at radius 1 is 1.26 bits per heavy atom. The second-order valence-corrected chi connectivity index (χ2v) is 7.28. The van der Waals surface area contributed by atoms with Crippen molar-refractivity contribution in [3.8, 4) is 5.75 Å². The quantitative estimate of drug-likeness (QED) is 0.485. The van der Waals surface area contributed by atoms with Gasteiger partial charge in [-0.1, -0.05) is 35.3 Å². The van der Waals surface area contributed by atoms with E-state index in [0.29, 0.717) is 35.1 Å². The third-order valence-corrected chi connectivity index (χ3v) is 5.84. The van der Waals surface area contributed by atoms with Crippen molar-refractivity contribution in [2.24, 2.45) is 0 Å². The van der Waals surface area contributed by atoms with Gasteiger partial charge in [0.2, 0.25) is 0 Å². The molecule has 0 spiro atoms. The lowest BCUT2D eigenvalue weighted by molar-refractivity contribution is 0.0727. The number of fused-ring (bicyclic) bond motifs is 1. The summed E-state index contributed by atoms with van der Waals surface area (Å²) in [7, 11) is 1.63. The molecule has 0 aromatic heterocycles. The number of benzene rings is 2. The van der Waals surface area contributed by atoms with E-state index in [0.717, 1.165) is 20.4 Å². The van der Waals surface area contributed by atoms with E-state index >= 15 is 0 Å². The maximum absolute atomic E-state index is 12.8. The van der Waals surface area contributed by atoms with Crippen LogP contribution in [0.1, 0.15) is 21.5 Å². The minimum absolute atomic E-state index is 0.0625. The molecule has 2 aromatic carbocycles. The number of hydrogen-bond acceptors (Lipinski definition) is 2. The van der Waals surface area contributed by atoms with Crippen LogP contribution in [0.25, 0.3) is 0 Å². The molecule has 1 amide bonds. The van der Waals surface area contributed by atoms with Crippen molar-refractivity contribution in [1.29, 1.82) is 0 Å². The maximum atomic E-state index is 12.8. The second kappa shape index (κ2) is 6.87. The molecule has 1 heterocycles. The molecule has 0 aliphatic carbocycles. The number of carbonyl (C=O) groups excluding carboxylic acids is 1. The molecular formula is C17H14Cl2INO2. The van der Waals surface area contributed by atoms with Crippen LogP contribution in [-0.2, 0) is 13.0 Å². The largest absolute Gasteiger partial charge is 0.497 e. The number of hydrogen-bond donors (Lipinski definition) is 0. The number of halogens is 3. The van der Waals surface area contributed by atoms with Gasteiger partial charge in [0.1, 0.15) is 5.75 Å². The van der Waals surface area contributed by atoms with E-state index in [-0.39, 0.29) is 5.91 Å². The number of nitrogens with zero attached hydrogens (tertiary/aromatic N) is 1. The van der Waals surface area contributed by atoms with Crippen LogP contribution in [0.5, 0.6) is 5.75 Å². The van der Waals surface area contributed by atoms with Crippen LogP contribution in [0.2, 0.25) is 10.0 Å². The fourth-order valence-electron chi connectivity index (χ4n) is 2.71. The van der Waals surface area contributed by atoms with Crippen LogP contribution >= 0.6 is 45.8 Å². The zero-order chi connectivity index (χ0) is 16.6. The van der Waals surface area contributed by atoms with Crippen molar-refractivity contribution >= 4 is 51.7 Å². The van der Waals surface area contributed by atoms with E-state index < -0.39 is 0 Å². The van der Waals surface area contributed by atoms with Gasteiger partial charge < -0.3 is 9.64 Å². The predicted octanol–water partition coefficient (Wildman–Crippen LogP) is 4.81. The Hall–Kier alpha value is -0.980. The van der Waals surface area contributed by atoms with Crippen LogP contribution in [-0.4, -0.2) is 24.5 Å². The van der Waals surface area contributed by atoms with Crippen molar-refractivity contribution in [1.82, 2.24) is 4.90 Å². The zero-order valence-corrected chi connectivity index (χ0v) is 16.1. The summed E-state index contributed by atoms with van der Waals surface area (Å²) in [4.78, 5) is 14.6. The molecule has 1 aliphatic rings. The Labute approximate surface area is 158 Å². The van der Waals surface area contributed by atoms with Crippen LogP contribution in [0.4, 0.5) is 0 Å². The van der Waals surface area contributed by atoms with E-state index in [1.54, 1.807) is 7.11 Å². The molecule has 0 bridgehead atoms. The minimum atomic E-state index is -0.0625. The third-order valence-electron chi connectivity index (χ3n) is 3.94. The number of ether oxygens (including phenoxy) is 1. The molecule has 3 rings (SSSR count). The number of methoxy groups -OCH3 is 1. The Morgan fingerprint density at radius 2 is 1.96 bits per heavy atom. The highest BCUT2D eigenvalue weighted by molar-refractivity contribution is 14.1. The summed E-state index contributed by atoms with van der Waals surface area (Å²) in [5.74, 6) is 0.737. The Kier molecular flexibility index (Phi) is 5.04. The lowest BCUT2D eigenvalue weighted by atomic mass is 9.98. The van der Waals surface area contributed by atoms with Gasteiger partial charge >= 0.3 is 0 Å². The van der Waals surface area contributed by atoms with Gasteiger partial charge in [0.25, 0.3) is 5.91 Å². The van der Waals surface area contributed by atoms with E-state index in [9.17, 15) is 4.79 Å². The number of rotatable bonds is 3. The molecule has 0 unspecified atom stereocenters. The molecule has 0 saturated carbocycles. The van der Waals surface area contributed by atoms with Crippen molar-refractivity contribution in [2.45, 2.75) is 13.0 Å². The molecular weight excluding hydrogens is 448 g/mol. The highest BCUT2D eigenvalue weighted by Gasteiger charge is 2.29. The lowest BCUT2D eigenvalue weighted by Crippen LogP contribution is -2.37. The summed E-state index contributed by atoms with van der Waals surface area (Å²) in [6, 6.07) is 9.53. The van der Waals surface area contributed by atoms with Gasteiger partial charge in [0.15, 0.2) is 0 Å². The molecule has 2 aromatic rings. The summed E-state index contributed by atoms with van der Waals surface area (Å²) in [6.45, 7) is 1.18. The zero-order valence-electron chi connectivity index (χ0n) is 12.4. The molecule has 3 nitrogen and oxygen atoms in total. The molecule has 0 fully saturated rings. The van der Waals surface area contributed by atoms with Gasteiger partial charge in [-0.05, 0) is 58.3 Å². The first-order valence-electron chi connectivity index (χ1n) is 7.10. The Balaban J connectivity index is 1.88. The maximum Gasteiger partial charge on any atom is 0.256 e. The number of amides is 1. The SMILES string of the molecule is COc1ccc(CN2CCc3c(Cl)cc(I)c(Cl)c3C2=O)cc1. The average Bonchev–Trinajstić information content (AvgIpc) is 2.55. The first-order valence-corrected chi connectivity index (χ1v) is 8.93. The summed E-state index contributed by atoms with van der Waals surface area (Å²) < 4.78 is 5.95. The van der Waals surface area contributed by atoms with E-state index in [4.69, 9.17) is 27.9 Å². The van der Waals surface area contributed by atoms with Crippen LogP contribution in [0.15, 0.2) is 30.3 Å². The first-order chi connectivity index (χ1) is 11.0. The summed E-state index contributed by atoms with van der Waals surface area (Å²) in [5.41, 5.74) is 2.45. The minimum Gasteiger partial charge on any atom is -0.497 e. The third kappa shape index (κ3) is 3.30. The van der Waals surface area contributed by atoms with Crippen molar-refractivity contribution in [2.75, 3.05) is 13.7 Å². The predicted molar refractivity (Wildman–Crippen MR) is 101 cm³/mol. The van der Waals surface area contributed by atoms with Crippen LogP contribution in [0.3, 0.4) is 0 Å². The first kappa shape index (κ1) is 16.9. The monoisotopic (exact) mass is 461 g/mol. The van der Waals surface area contributed by atoms with Crippen LogP contribution < -0.4 is 4.74 Å². The smallest absolute Gasteiger partial charge is 0.256 e. The highest BCUT2D eigenvalue weighted by Crippen LogP contribution is 2.35. The van der Waals surface area contributed by atoms with Gasteiger partial charge in [0.05, 0.1) is 17.7 Å². The molecule has 0 N–H and O–H groups in total. The van der Waals surface area contributed by atoms with Crippen molar-refractivity contribution in [3.63, 3.8) is 0 Å². The van der Waals surface area contributed by atoms with Crippen molar-refractivity contribution < 1.29 is 9.53 Å². The summed E-state index contributed by atoms with van der Waals surface area (Å²) in [5, 5.41) is 1.11. The van der Waals surface area contributed by atoms with E-state index in [1.165, 1.54) is 0 Å². The van der Waals surface area contributed by atoms with Crippen molar-refractivity contribution in [3.05, 3.63) is 60.6 Å². The standard InChI is InChI=1S/C17H14Cl2INO2/c1-23-11-4-2-10(3-5-11)9-21-7-6-12-13(18)8-14(20)16(19)15(12)17(21)22/h2-5,8H,6-7,9H2,1H3. The van der Waals surface area contributed by atoms with Gasteiger partial charge in [0, 0.05) is 21.7 Å². The normalized spacial score (nSPS) is 13.9. The molecule has 1 aliphatic heterocycles. The van der Waals surface area contributed by atoms with Gasteiger partial charge in [-0.2, -0.15) is 0 Å². The fraction of sp³-hybridized carbons (Fsp3) is 0.235. The molecule has 0 radical (unpaired) electrons. The van der Waals surface area contributed by atoms with Gasteiger partial charge in [-0.15, -0.1) is 0 Å². The van der Waals surface area contributed by atoms with E-state index in [1.807, 2.05) is 35.2 Å². The molecule has 23 heavy (non-hydrogen) atoms. The van der Waals surface area contributed by atoms with Crippen LogP contribution in [0, 0.1) is 3.57 Å². The van der Waals surface area contributed by atoms with Gasteiger partial charge in [-0.3, -0.25) is 4.79 Å². The Morgan fingerprint density at radius 3 is 2.61 bits per heavy atom. The molecule has 6 heteroatoms. The topological polar surface area (TPSA) is 29.5 Å².